The van der Waals surface area contributed by atoms with Gasteiger partial charge in [-0.1, -0.05) is 18.6 Å². The molecule has 0 radical (unpaired) electrons. The smallest absolute Gasteiger partial charge is 0.224 e. The van der Waals surface area contributed by atoms with Crippen LogP contribution in [0, 0.1) is 0 Å². The van der Waals surface area contributed by atoms with Gasteiger partial charge in [-0.25, -0.2) is 0 Å². The van der Waals surface area contributed by atoms with Crippen LogP contribution in [0.3, 0.4) is 0 Å². The minimum absolute atomic E-state index is 0. The van der Waals surface area contributed by atoms with Crippen LogP contribution >= 0.6 is 24.2 Å². The first kappa shape index (κ1) is 17.2. The molecule has 0 heterocycles. The minimum Gasteiger partial charge on any atom is -0.399 e. The van der Waals surface area contributed by atoms with Crippen LogP contribution in [0.1, 0.15) is 31.2 Å². The Bertz CT molecular complexity index is 424. The fraction of sp³-hybridized carbons (Fsp3) is 0.533. The number of nitrogens with one attached hydrogen (secondary N) is 1. The maximum atomic E-state index is 12.0. The van der Waals surface area contributed by atoms with Crippen LogP contribution in [0.15, 0.2) is 24.3 Å². The molecule has 5 heteroatoms. The molecule has 0 saturated heterocycles. The molecule has 1 aliphatic carbocycles. The number of halogens is 1. The van der Waals surface area contributed by atoms with Crippen LogP contribution in [0.25, 0.3) is 0 Å². The van der Waals surface area contributed by atoms with Gasteiger partial charge in [-0.3, -0.25) is 4.79 Å². The van der Waals surface area contributed by atoms with E-state index < -0.39 is 0 Å². The van der Waals surface area contributed by atoms with Gasteiger partial charge < -0.3 is 11.1 Å². The molecule has 3 nitrogen and oxygen atoms in total. The van der Waals surface area contributed by atoms with E-state index in [-0.39, 0.29) is 18.3 Å². The number of nitrogens with two attached hydrogens (primary N) is 1. The molecule has 112 valence electrons. The van der Waals surface area contributed by atoms with Crippen LogP contribution in [0.2, 0.25) is 0 Å². The van der Waals surface area contributed by atoms with E-state index in [2.05, 4.69) is 11.6 Å². The van der Waals surface area contributed by atoms with Gasteiger partial charge in [0.1, 0.15) is 0 Å². The van der Waals surface area contributed by atoms with Crippen molar-refractivity contribution in [2.45, 2.75) is 43.4 Å². The lowest BCUT2D eigenvalue weighted by molar-refractivity contribution is -0.121. The molecule has 1 aromatic carbocycles. The third-order valence-corrected chi connectivity index (χ3v) is 4.76. The molecule has 0 aromatic heterocycles. The molecular formula is C15H23ClN2OS. The Morgan fingerprint density at radius 2 is 2.05 bits per heavy atom. The fourth-order valence-corrected chi connectivity index (χ4v) is 3.42. The third-order valence-electron chi connectivity index (χ3n) is 3.67. The number of benzene rings is 1. The molecular weight excluding hydrogens is 292 g/mol. The van der Waals surface area contributed by atoms with Crippen molar-refractivity contribution in [1.82, 2.24) is 5.32 Å². The molecule has 2 rings (SSSR count). The highest BCUT2D eigenvalue weighted by Gasteiger charge is 2.22. The second-order valence-electron chi connectivity index (χ2n) is 5.21. The van der Waals surface area contributed by atoms with Gasteiger partial charge in [-0.05, 0) is 43.2 Å². The monoisotopic (exact) mass is 314 g/mol. The van der Waals surface area contributed by atoms with Gasteiger partial charge in [-0.15, -0.1) is 12.4 Å². The molecule has 1 fully saturated rings. The number of carbonyl (C=O) groups excluding carboxylic acids is 1. The quantitative estimate of drug-likeness (QED) is 0.840. The Labute approximate surface area is 131 Å². The molecule has 2 unspecified atom stereocenters. The second-order valence-corrected chi connectivity index (χ2v) is 6.35. The maximum Gasteiger partial charge on any atom is 0.224 e. The summed E-state index contributed by atoms with van der Waals surface area (Å²) in [4.78, 5) is 12.0. The molecule has 1 amide bonds. The SMILES string of the molecule is CSC1CCCC(NC(=O)Cc2ccc(N)cc2)C1.Cl. The highest BCUT2D eigenvalue weighted by atomic mass is 35.5. The first-order chi connectivity index (χ1) is 9.17. The maximum absolute atomic E-state index is 12.0. The number of carbonyl (C=O) groups is 1. The van der Waals surface area contributed by atoms with Crippen molar-refractivity contribution in [3.8, 4) is 0 Å². The molecule has 1 aromatic rings. The van der Waals surface area contributed by atoms with Crippen LogP contribution in [-0.4, -0.2) is 23.5 Å². The van der Waals surface area contributed by atoms with Gasteiger partial charge >= 0.3 is 0 Å². The number of hydrogen-bond donors (Lipinski definition) is 2. The van der Waals surface area contributed by atoms with E-state index in [4.69, 9.17) is 5.73 Å². The van der Waals surface area contributed by atoms with E-state index in [1.807, 2.05) is 36.0 Å². The van der Waals surface area contributed by atoms with E-state index in [0.29, 0.717) is 17.7 Å². The van der Waals surface area contributed by atoms with Gasteiger partial charge in [0, 0.05) is 17.0 Å². The zero-order chi connectivity index (χ0) is 13.7. The number of thioether (sulfide) groups is 1. The Morgan fingerprint density at radius 1 is 1.35 bits per heavy atom. The summed E-state index contributed by atoms with van der Waals surface area (Å²) in [5.74, 6) is 0.122. The summed E-state index contributed by atoms with van der Waals surface area (Å²) in [6.07, 6.45) is 7.33. The van der Waals surface area contributed by atoms with Crippen molar-refractivity contribution >= 4 is 35.8 Å². The normalized spacial score (nSPS) is 21.9. The lowest BCUT2D eigenvalue weighted by Crippen LogP contribution is -2.39. The Hall–Kier alpha value is -0.870. The van der Waals surface area contributed by atoms with Crippen LogP contribution in [-0.2, 0) is 11.2 Å². The van der Waals surface area contributed by atoms with Crippen molar-refractivity contribution in [3.63, 3.8) is 0 Å². The van der Waals surface area contributed by atoms with Crippen molar-refractivity contribution in [2.24, 2.45) is 0 Å². The lowest BCUT2D eigenvalue weighted by atomic mass is 9.94. The predicted molar refractivity (Wildman–Crippen MR) is 89.5 cm³/mol. The fourth-order valence-electron chi connectivity index (χ4n) is 2.59. The molecule has 0 bridgehead atoms. The van der Waals surface area contributed by atoms with E-state index in [1.54, 1.807) is 0 Å². The Morgan fingerprint density at radius 3 is 2.70 bits per heavy atom. The summed E-state index contributed by atoms with van der Waals surface area (Å²) in [7, 11) is 0. The molecule has 0 spiro atoms. The molecule has 20 heavy (non-hydrogen) atoms. The molecule has 1 saturated carbocycles. The summed E-state index contributed by atoms with van der Waals surface area (Å²) in [6.45, 7) is 0. The van der Waals surface area contributed by atoms with E-state index in [1.165, 1.54) is 12.8 Å². The van der Waals surface area contributed by atoms with Crippen LogP contribution in [0.5, 0.6) is 0 Å². The van der Waals surface area contributed by atoms with E-state index in [9.17, 15) is 4.79 Å². The number of anilines is 1. The van der Waals surface area contributed by atoms with Gasteiger partial charge in [0.2, 0.25) is 5.91 Å². The summed E-state index contributed by atoms with van der Waals surface area (Å²) >= 11 is 1.92. The highest BCUT2D eigenvalue weighted by molar-refractivity contribution is 7.99. The van der Waals surface area contributed by atoms with E-state index in [0.717, 1.165) is 24.1 Å². The lowest BCUT2D eigenvalue weighted by Gasteiger charge is -2.28. The van der Waals surface area contributed by atoms with Gasteiger partial charge in [0.15, 0.2) is 0 Å². The minimum atomic E-state index is 0. The summed E-state index contributed by atoms with van der Waals surface area (Å²) in [5, 5.41) is 3.87. The first-order valence-electron chi connectivity index (χ1n) is 6.84. The molecule has 1 aliphatic rings. The average molecular weight is 315 g/mol. The molecule has 2 atom stereocenters. The predicted octanol–water partition coefficient (Wildman–Crippen LogP) is 3.02. The number of hydrogen-bond acceptors (Lipinski definition) is 3. The van der Waals surface area contributed by atoms with E-state index >= 15 is 0 Å². The first-order valence-corrected chi connectivity index (χ1v) is 8.12. The summed E-state index contributed by atoms with van der Waals surface area (Å²) in [6, 6.07) is 7.87. The van der Waals surface area contributed by atoms with Crippen molar-refractivity contribution in [2.75, 3.05) is 12.0 Å². The number of rotatable bonds is 4. The topological polar surface area (TPSA) is 55.1 Å². The largest absolute Gasteiger partial charge is 0.399 e. The van der Waals surface area contributed by atoms with Crippen molar-refractivity contribution in [3.05, 3.63) is 29.8 Å². The summed E-state index contributed by atoms with van der Waals surface area (Å²) < 4.78 is 0. The van der Waals surface area contributed by atoms with Crippen molar-refractivity contribution in [1.29, 1.82) is 0 Å². The molecule has 0 aliphatic heterocycles. The Kier molecular flexibility index (Phi) is 7.24. The third kappa shape index (κ3) is 5.25. The van der Waals surface area contributed by atoms with Crippen LogP contribution < -0.4 is 11.1 Å². The van der Waals surface area contributed by atoms with Gasteiger partial charge in [-0.2, -0.15) is 11.8 Å². The van der Waals surface area contributed by atoms with Crippen LogP contribution in [0.4, 0.5) is 5.69 Å². The van der Waals surface area contributed by atoms with Gasteiger partial charge in [0.25, 0.3) is 0 Å². The highest BCUT2D eigenvalue weighted by Crippen LogP contribution is 2.26. The number of nitrogen functional groups attached to an aromatic ring is 1. The zero-order valence-corrected chi connectivity index (χ0v) is 13.4. The molecule has 3 N–H and O–H groups in total. The number of amides is 1. The zero-order valence-electron chi connectivity index (χ0n) is 11.8. The van der Waals surface area contributed by atoms with Gasteiger partial charge in [0.05, 0.1) is 6.42 Å². The summed E-state index contributed by atoms with van der Waals surface area (Å²) in [5.41, 5.74) is 7.39. The average Bonchev–Trinajstić information content (AvgIpc) is 2.41. The standard InChI is InChI=1S/C15H22N2OS.ClH/c1-19-14-4-2-3-13(10-14)17-15(18)9-11-5-7-12(16)8-6-11;/h5-8,13-14H,2-4,9-10,16H2,1H3,(H,17,18);1H. The van der Waals surface area contributed by atoms with Crippen molar-refractivity contribution < 1.29 is 4.79 Å². The second kappa shape index (κ2) is 8.42. The Balaban J connectivity index is 0.00000200.